The lowest BCUT2D eigenvalue weighted by atomic mass is 10.1. The predicted molar refractivity (Wildman–Crippen MR) is 76.1 cm³/mol. The van der Waals surface area contributed by atoms with Crippen molar-refractivity contribution in [3.8, 4) is 0 Å². The van der Waals surface area contributed by atoms with Crippen molar-refractivity contribution in [1.29, 1.82) is 0 Å². The van der Waals surface area contributed by atoms with Crippen molar-refractivity contribution in [1.82, 2.24) is 0 Å². The minimum atomic E-state index is -1.03. The summed E-state index contributed by atoms with van der Waals surface area (Å²) >= 11 is 0. The summed E-state index contributed by atoms with van der Waals surface area (Å²) in [6.07, 6.45) is -0.588. The average Bonchev–Trinajstić information content (AvgIpc) is 2.43. The van der Waals surface area contributed by atoms with Gasteiger partial charge in [0.2, 0.25) is 0 Å². The highest BCUT2D eigenvalue weighted by atomic mass is 19.2. The lowest BCUT2D eigenvalue weighted by Gasteiger charge is -2.09. The molecule has 0 bridgehead atoms. The van der Waals surface area contributed by atoms with Crippen molar-refractivity contribution in [2.45, 2.75) is 13.0 Å². The molecular weight excluding hydrogens is 278 g/mol. The Balaban J connectivity index is 1.99. The third-order valence-electron chi connectivity index (χ3n) is 2.83. The number of anilines is 2. The largest absolute Gasteiger partial charge is 0.389 e. The van der Waals surface area contributed by atoms with Gasteiger partial charge in [0.25, 0.3) is 0 Å². The summed E-state index contributed by atoms with van der Waals surface area (Å²) in [6.45, 7) is 1.64. The van der Waals surface area contributed by atoms with Crippen molar-refractivity contribution < 1.29 is 18.7 Å². The van der Waals surface area contributed by atoms with Gasteiger partial charge in [-0.25, -0.2) is 13.6 Å². The molecule has 2 rings (SSSR count). The second-order valence-corrected chi connectivity index (χ2v) is 4.51. The first kappa shape index (κ1) is 14.9. The summed E-state index contributed by atoms with van der Waals surface area (Å²) in [5, 5.41) is 14.3. The number of hydrogen-bond donors (Lipinski definition) is 3. The van der Waals surface area contributed by atoms with Crippen LogP contribution in [0.3, 0.4) is 0 Å². The molecule has 0 aliphatic carbocycles. The standard InChI is InChI=1S/C15H14F2N2O2/c1-9(20)10-2-4-11(5-3-10)18-15(21)19-12-6-7-13(16)14(17)8-12/h2-9,20H,1H3,(H2,18,19,21). The molecule has 0 aliphatic heterocycles. The summed E-state index contributed by atoms with van der Waals surface area (Å²) < 4.78 is 25.8. The van der Waals surface area contributed by atoms with Crippen LogP contribution in [-0.4, -0.2) is 11.1 Å². The molecule has 2 aromatic carbocycles. The van der Waals surface area contributed by atoms with Crippen molar-refractivity contribution in [2.75, 3.05) is 10.6 Å². The number of rotatable bonds is 3. The third-order valence-corrected chi connectivity index (χ3v) is 2.83. The highest BCUT2D eigenvalue weighted by molar-refractivity contribution is 5.99. The van der Waals surface area contributed by atoms with Gasteiger partial charge in [0, 0.05) is 17.4 Å². The van der Waals surface area contributed by atoms with E-state index >= 15 is 0 Å². The monoisotopic (exact) mass is 292 g/mol. The van der Waals surface area contributed by atoms with Crippen LogP contribution in [0.25, 0.3) is 0 Å². The molecule has 0 fully saturated rings. The number of aliphatic hydroxyl groups is 1. The molecule has 4 nitrogen and oxygen atoms in total. The van der Waals surface area contributed by atoms with Crippen LogP contribution in [0.15, 0.2) is 42.5 Å². The first-order valence-electron chi connectivity index (χ1n) is 6.27. The molecule has 0 saturated carbocycles. The Morgan fingerprint density at radius 2 is 1.57 bits per heavy atom. The van der Waals surface area contributed by atoms with Gasteiger partial charge in [-0.1, -0.05) is 12.1 Å². The predicted octanol–water partition coefficient (Wildman–Crippen LogP) is 3.66. The van der Waals surface area contributed by atoms with E-state index in [1.807, 2.05) is 0 Å². The van der Waals surface area contributed by atoms with E-state index in [9.17, 15) is 18.7 Å². The van der Waals surface area contributed by atoms with E-state index in [0.29, 0.717) is 5.69 Å². The van der Waals surface area contributed by atoms with Gasteiger partial charge in [-0.15, -0.1) is 0 Å². The number of carbonyl (C=O) groups excluding carboxylic acids is 1. The summed E-state index contributed by atoms with van der Waals surface area (Å²) in [4.78, 5) is 11.7. The zero-order valence-corrected chi connectivity index (χ0v) is 11.2. The fourth-order valence-electron chi connectivity index (χ4n) is 1.71. The van der Waals surface area contributed by atoms with Gasteiger partial charge in [0.05, 0.1) is 6.10 Å². The maximum atomic E-state index is 13.0. The van der Waals surface area contributed by atoms with Crippen LogP contribution in [0.4, 0.5) is 25.0 Å². The Labute approximate surface area is 120 Å². The third kappa shape index (κ3) is 4.00. The number of carbonyl (C=O) groups is 1. The summed E-state index contributed by atoms with van der Waals surface area (Å²) in [6, 6.07) is 9.13. The molecule has 0 aromatic heterocycles. The van der Waals surface area contributed by atoms with E-state index in [1.165, 1.54) is 6.07 Å². The minimum Gasteiger partial charge on any atom is -0.389 e. The molecule has 2 aromatic rings. The number of halogens is 2. The van der Waals surface area contributed by atoms with Crippen LogP contribution in [0.1, 0.15) is 18.6 Å². The minimum absolute atomic E-state index is 0.145. The van der Waals surface area contributed by atoms with E-state index in [4.69, 9.17) is 0 Å². The highest BCUT2D eigenvalue weighted by Crippen LogP contribution is 2.17. The number of nitrogens with one attached hydrogen (secondary N) is 2. The summed E-state index contributed by atoms with van der Waals surface area (Å²) in [5.74, 6) is -2.01. The number of urea groups is 1. The lowest BCUT2D eigenvalue weighted by molar-refractivity contribution is 0.199. The zero-order chi connectivity index (χ0) is 15.4. The number of benzene rings is 2. The van der Waals surface area contributed by atoms with Crippen molar-refractivity contribution in [2.24, 2.45) is 0 Å². The van der Waals surface area contributed by atoms with Gasteiger partial charge < -0.3 is 15.7 Å². The van der Waals surface area contributed by atoms with Crippen LogP contribution in [0.2, 0.25) is 0 Å². The fraction of sp³-hybridized carbons (Fsp3) is 0.133. The van der Waals surface area contributed by atoms with E-state index < -0.39 is 23.8 Å². The van der Waals surface area contributed by atoms with E-state index in [2.05, 4.69) is 10.6 Å². The Kier molecular flexibility index (Phi) is 4.49. The molecule has 110 valence electrons. The Bertz CT molecular complexity index is 643. The highest BCUT2D eigenvalue weighted by Gasteiger charge is 2.07. The first-order chi connectivity index (χ1) is 9.95. The Morgan fingerprint density at radius 1 is 1.00 bits per heavy atom. The van der Waals surface area contributed by atoms with Gasteiger partial charge in [0.15, 0.2) is 11.6 Å². The molecular formula is C15H14F2N2O2. The molecule has 21 heavy (non-hydrogen) atoms. The summed E-state index contributed by atoms with van der Waals surface area (Å²) in [7, 11) is 0. The second kappa shape index (κ2) is 6.32. The SMILES string of the molecule is CC(O)c1ccc(NC(=O)Nc2ccc(F)c(F)c2)cc1. The molecule has 0 heterocycles. The zero-order valence-electron chi connectivity index (χ0n) is 11.2. The molecule has 3 N–H and O–H groups in total. The van der Waals surface area contributed by atoms with Crippen molar-refractivity contribution in [3.05, 3.63) is 59.7 Å². The van der Waals surface area contributed by atoms with E-state index in [1.54, 1.807) is 31.2 Å². The van der Waals surface area contributed by atoms with Gasteiger partial charge in [-0.2, -0.15) is 0 Å². The van der Waals surface area contributed by atoms with Crippen LogP contribution in [0.5, 0.6) is 0 Å². The molecule has 1 atom stereocenters. The molecule has 0 saturated heterocycles. The maximum absolute atomic E-state index is 13.0. The van der Waals surface area contributed by atoms with Crippen LogP contribution in [-0.2, 0) is 0 Å². The molecule has 0 spiro atoms. The van der Waals surface area contributed by atoms with Gasteiger partial charge in [-0.05, 0) is 36.8 Å². The number of aliphatic hydroxyl groups excluding tert-OH is 1. The van der Waals surface area contributed by atoms with Crippen LogP contribution >= 0.6 is 0 Å². The molecule has 1 unspecified atom stereocenters. The number of hydrogen-bond acceptors (Lipinski definition) is 2. The topological polar surface area (TPSA) is 61.4 Å². The van der Waals surface area contributed by atoms with Gasteiger partial charge in [0.1, 0.15) is 0 Å². The van der Waals surface area contributed by atoms with Crippen LogP contribution < -0.4 is 10.6 Å². The number of amides is 2. The fourth-order valence-corrected chi connectivity index (χ4v) is 1.71. The molecule has 6 heteroatoms. The van der Waals surface area contributed by atoms with Crippen LogP contribution in [0, 0.1) is 11.6 Å². The quantitative estimate of drug-likeness (QED) is 0.808. The van der Waals surface area contributed by atoms with Gasteiger partial charge >= 0.3 is 6.03 Å². The molecule has 0 aliphatic rings. The maximum Gasteiger partial charge on any atom is 0.323 e. The van der Waals surface area contributed by atoms with Crippen molar-refractivity contribution >= 4 is 17.4 Å². The van der Waals surface area contributed by atoms with Crippen molar-refractivity contribution in [3.63, 3.8) is 0 Å². The average molecular weight is 292 g/mol. The second-order valence-electron chi connectivity index (χ2n) is 4.51. The normalized spacial score (nSPS) is 11.8. The Hall–Kier alpha value is -2.47. The lowest BCUT2D eigenvalue weighted by Crippen LogP contribution is -2.19. The first-order valence-corrected chi connectivity index (χ1v) is 6.27. The Morgan fingerprint density at radius 3 is 2.14 bits per heavy atom. The summed E-state index contributed by atoms with van der Waals surface area (Å²) in [5.41, 5.74) is 1.38. The molecule has 0 radical (unpaired) electrons. The van der Waals surface area contributed by atoms with E-state index in [0.717, 1.165) is 17.7 Å². The smallest absolute Gasteiger partial charge is 0.323 e. The molecule has 2 amide bonds. The van der Waals surface area contributed by atoms with E-state index in [-0.39, 0.29) is 5.69 Å². The van der Waals surface area contributed by atoms with Gasteiger partial charge in [-0.3, -0.25) is 0 Å².